The van der Waals surface area contributed by atoms with Crippen molar-refractivity contribution in [3.63, 3.8) is 0 Å². The monoisotopic (exact) mass is 309 g/mol. The van der Waals surface area contributed by atoms with Gasteiger partial charge in [-0.2, -0.15) is 0 Å². The van der Waals surface area contributed by atoms with Crippen molar-refractivity contribution >= 4 is 5.96 Å². The number of ether oxygens (including phenoxy) is 1. The van der Waals surface area contributed by atoms with Crippen LogP contribution in [-0.4, -0.2) is 37.5 Å². The molecule has 1 N–H and O–H groups in total. The number of guanidine groups is 1. The van der Waals surface area contributed by atoms with Crippen LogP contribution in [0.2, 0.25) is 0 Å². The molecule has 4 heteroatoms. The number of hydrogen-bond donors (Lipinski definition) is 1. The Morgan fingerprint density at radius 2 is 1.91 bits per heavy atom. The van der Waals surface area contributed by atoms with Crippen LogP contribution in [-0.2, 0) is 13.0 Å². The normalized spacial score (nSPS) is 13.8. The number of nitrogens with zero attached hydrogens (tertiary/aromatic N) is 2. The molecule has 1 heterocycles. The van der Waals surface area contributed by atoms with Crippen LogP contribution in [0.3, 0.4) is 0 Å². The summed E-state index contributed by atoms with van der Waals surface area (Å²) >= 11 is 0. The van der Waals surface area contributed by atoms with Crippen LogP contribution in [0.4, 0.5) is 0 Å². The average Bonchev–Trinajstić information content (AvgIpc) is 3.00. The second-order valence-electron chi connectivity index (χ2n) is 5.73. The van der Waals surface area contributed by atoms with E-state index in [0.717, 1.165) is 37.8 Å². The lowest BCUT2D eigenvalue weighted by Crippen LogP contribution is -2.36. The van der Waals surface area contributed by atoms with Gasteiger partial charge >= 0.3 is 0 Å². The van der Waals surface area contributed by atoms with E-state index in [4.69, 9.17) is 4.74 Å². The summed E-state index contributed by atoms with van der Waals surface area (Å²) in [6.07, 6.45) is 0.954. The third-order valence-electron chi connectivity index (χ3n) is 3.90. The Hall–Kier alpha value is -2.49. The molecular weight excluding hydrogens is 286 g/mol. The summed E-state index contributed by atoms with van der Waals surface area (Å²) < 4.78 is 5.88. The molecule has 3 rings (SSSR count). The van der Waals surface area contributed by atoms with E-state index in [9.17, 15) is 0 Å². The molecule has 0 bridgehead atoms. The largest absolute Gasteiger partial charge is 0.489 e. The van der Waals surface area contributed by atoms with Crippen LogP contribution in [0.25, 0.3) is 0 Å². The van der Waals surface area contributed by atoms with Gasteiger partial charge in [0.1, 0.15) is 12.4 Å². The molecule has 0 atom stereocenters. The van der Waals surface area contributed by atoms with E-state index in [1.165, 1.54) is 11.1 Å². The third kappa shape index (κ3) is 4.49. The Balaban J connectivity index is 1.49. The Bertz CT molecular complexity index is 655. The van der Waals surface area contributed by atoms with Crippen LogP contribution in [0.1, 0.15) is 11.1 Å². The second-order valence-corrected chi connectivity index (χ2v) is 5.73. The summed E-state index contributed by atoms with van der Waals surface area (Å²) in [6, 6.07) is 18.5. The summed E-state index contributed by atoms with van der Waals surface area (Å²) in [7, 11) is 2.07. The standard InChI is InChI=1S/C19H23N3O/c1-22-13-12-21-19(22)20-11-10-16-8-5-9-18(14-16)23-15-17-6-3-2-4-7-17/h2-9,14H,10-13,15H2,1H3,(H,20,21). The van der Waals surface area contributed by atoms with Crippen molar-refractivity contribution in [2.24, 2.45) is 4.99 Å². The highest BCUT2D eigenvalue weighted by Gasteiger charge is 2.10. The van der Waals surface area contributed by atoms with Gasteiger partial charge in [0.25, 0.3) is 0 Å². The molecule has 0 radical (unpaired) electrons. The van der Waals surface area contributed by atoms with Crippen LogP contribution in [0.15, 0.2) is 59.6 Å². The Morgan fingerprint density at radius 1 is 1.09 bits per heavy atom. The lowest BCUT2D eigenvalue weighted by molar-refractivity contribution is 0.306. The minimum absolute atomic E-state index is 0.601. The minimum Gasteiger partial charge on any atom is -0.489 e. The maximum atomic E-state index is 5.88. The van der Waals surface area contributed by atoms with Gasteiger partial charge < -0.3 is 15.0 Å². The highest BCUT2D eigenvalue weighted by Crippen LogP contribution is 2.15. The van der Waals surface area contributed by atoms with Gasteiger partial charge in [-0.1, -0.05) is 42.5 Å². The minimum atomic E-state index is 0.601. The van der Waals surface area contributed by atoms with Crippen LogP contribution >= 0.6 is 0 Å². The number of rotatable bonds is 6. The van der Waals surface area contributed by atoms with Crippen LogP contribution < -0.4 is 10.1 Å². The van der Waals surface area contributed by atoms with Crippen molar-refractivity contribution in [3.8, 4) is 5.75 Å². The van der Waals surface area contributed by atoms with Crippen molar-refractivity contribution in [2.45, 2.75) is 13.0 Å². The summed E-state index contributed by atoms with van der Waals surface area (Å²) in [5.74, 6) is 1.92. The Kier molecular flexibility index (Phi) is 5.14. The first-order chi connectivity index (χ1) is 11.3. The molecule has 120 valence electrons. The van der Waals surface area contributed by atoms with Gasteiger partial charge in [0.15, 0.2) is 5.96 Å². The number of nitrogens with one attached hydrogen (secondary N) is 1. The SMILES string of the molecule is CN1CCN=C1NCCc1cccc(OCc2ccccc2)c1. The van der Waals surface area contributed by atoms with E-state index in [1.807, 2.05) is 24.3 Å². The molecule has 0 saturated heterocycles. The predicted octanol–water partition coefficient (Wildman–Crippen LogP) is 2.70. The first-order valence-corrected chi connectivity index (χ1v) is 8.06. The molecule has 1 aliphatic rings. The van der Waals surface area contributed by atoms with E-state index in [-0.39, 0.29) is 0 Å². The molecule has 0 aliphatic carbocycles. The highest BCUT2D eigenvalue weighted by atomic mass is 16.5. The van der Waals surface area contributed by atoms with E-state index < -0.39 is 0 Å². The third-order valence-corrected chi connectivity index (χ3v) is 3.90. The molecule has 0 unspecified atom stereocenters. The first-order valence-electron chi connectivity index (χ1n) is 8.06. The predicted molar refractivity (Wildman–Crippen MR) is 93.9 cm³/mol. The highest BCUT2D eigenvalue weighted by molar-refractivity contribution is 5.81. The number of hydrogen-bond acceptors (Lipinski definition) is 4. The molecule has 0 saturated carbocycles. The molecule has 0 amide bonds. The maximum absolute atomic E-state index is 5.88. The quantitative estimate of drug-likeness (QED) is 0.891. The van der Waals surface area contributed by atoms with Gasteiger partial charge in [-0.3, -0.25) is 4.99 Å². The Morgan fingerprint density at radius 3 is 2.70 bits per heavy atom. The first kappa shape index (κ1) is 15.4. The summed E-state index contributed by atoms with van der Waals surface area (Å²) in [4.78, 5) is 6.59. The lowest BCUT2D eigenvalue weighted by Gasteiger charge is -2.15. The summed E-state index contributed by atoms with van der Waals surface area (Å²) in [5, 5.41) is 3.39. The second kappa shape index (κ2) is 7.68. The smallest absolute Gasteiger partial charge is 0.193 e. The van der Waals surface area contributed by atoms with Gasteiger partial charge in [0, 0.05) is 20.1 Å². The zero-order chi connectivity index (χ0) is 15.9. The summed E-state index contributed by atoms with van der Waals surface area (Å²) in [5.41, 5.74) is 2.45. The van der Waals surface area contributed by atoms with Crippen molar-refractivity contribution in [3.05, 3.63) is 65.7 Å². The molecule has 1 aliphatic heterocycles. The van der Waals surface area contributed by atoms with Gasteiger partial charge in [0.05, 0.1) is 6.54 Å². The molecule has 4 nitrogen and oxygen atoms in total. The molecule has 2 aromatic carbocycles. The van der Waals surface area contributed by atoms with Gasteiger partial charge in [-0.15, -0.1) is 0 Å². The molecule has 0 aromatic heterocycles. The molecule has 2 aromatic rings. The maximum Gasteiger partial charge on any atom is 0.193 e. The topological polar surface area (TPSA) is 36.9 Å². The van der Waals surface area contributed by atoms with E-state index in [1.54, 1.807) is 0 Å². The average molecular weight is 309 g/mol. The zero-order valence-corrected chi connectivity index (χ0v) is 13.5. The van der Waals surface area contributed by atoms with Crippen LogP contribution in [0.5, 0.6) is 5.75 Å². The zero-order valence-electron chi connectivity index (χ0n) is 13.5. The van der Waals surface area contributed by atoms with E-state index >= 15 is 0 Å². The number of aliphatic imine (C=N–C) groups is 1. The molecular formula is C19H23N3O. The van der Waals surface area contributed by atoms with E-state index in [2.05, 4.69) is 52.6 Å². The number of likely N-dealkylation sites (N-methyl/N-ethyl adjacent to an activating group) is 1. The molecule has 0 fully saturated rings. The number of benzene rings is 2. The fraction of sp³-hybridized carbons (Fsp3) is 0.316. The molecule has 23 heavy (non-hydrogen) atoms. The summed E-state index contributed by atoms with van der Waals surface area (Å²) in [6.45, 7) is 3.38. The van der Waals surface area contributed by atoms with Gasteiger partial charge in [-0.25, -0.2) is 0 Å². The van der Waals surface area contributed by atoms with Crippen molar-refractivity contribution in [1.82, 2.24) is 10.2 Å². The lowest BCUT2D eigenvalue weighted by atomic mass is 10.1. The van der Waals surface area contributed by atoms with Gasteiger partial charge in [-0.05, 0) is 29.7 Å². The van der Waals surface area contributed by atoms with Gasteiger partial charge in [0.2, 0.25) is 0 Å². The van der Waals surface area contributed by atoms with Crippen molar-refractivity contribution < 1.29 is 4.74 Å². The van der Waals surface area contributed by atoms with E-state index in [0.29, 0.717) is 6.61 Å². The van der Waals surface area contributed by atoms with Crippen LogP contribution in [0, 0.1) is 0 Å². The Labute approximate surface area is 137 Å². The fourth-order valence-electron chi connectivity index (χ4n) is 2.57. The van der Waals surface area contributed by atoms with Crippen molar-refractivity contribution in [2.75, 3.05) is 26.7 Å². The fourth-order valence-corrected chi connectivity index (χ4v) is 2.57. The van der Waals surface area contributed by atoms with Crippen molar-refractivity contribution in [1.29, 1.82) is 0 Å². The molecule has 0 spiro atoms.